The zero-order valence-electron chi connectivity index (χ0n) is 11.1. The molecule has 0 atom stereocenters. The minimum Gasteiger partial charge on any atom is -0.0680 e. The Morgan fingerprint density at radius 1 is 0.938 bits per heavy atom. The van der Waals surface area contributed by atoms with Gasteiger partial charge < -0.3 is 0 Å². The van der Waals surface area contributed by atoms with E-state index in [1.54, 1.807) is 6.04 Å². The van der Waals surface area contributed by atoms with Crippen LogP contribution in [0.25, 0.3) is 0 Å². The van der Waals surface area contributed by atoms with Gasteiger partial charge in [0.1, 0.15) is 0 Å². The highest BCUT2D eigenvalue weighted by atomic mass is 28.3. The van der Waals surface area contributed by atoms with Gasteiger partial charge in [-0.25, -0.2) is 0 Å². The fourth-order valence-electron chi connectivity index (χ4n) is 2.21. The van der Waals surface area contributed by atoms with Crippen molar-refractivity contribution < 1.29 is 0 Å². The van der Waals surface area contributed by atoms with Crippen molar-refractivity contribution in [1.29, 1.82) is 0 Å². The third-order valence-corrected chi connectivity index (χ3v) is 7.14. The first-order valence-electron chi connectivity index (χ1n) is 6.81. The van der Waals surface area contributed by atoms with E-state index in [1.807, 2.05) is 0 Å². The quantitative estimate of drug-likeness (QED) is 0.478. The molecule has 0 aliphatic carbocycles. The van der Waals surface area contributed by atoms with Crippen molar-refractivity contribution in [2.75, 3.05) is 0 Å². The number of rotatable bonds is 7. The number of aryl methyl sites for hydroxylation is 2. The van der Waals surface area contributed by atoms with E-state index in [4.69, 9.17) is 0 Å². The second-order valence-corrected chi connectivity index (χ2v) is 8.86. The molecule has 0 aliphatic heterocycles. The SMILES string of the molecule is CC[SiH](CC)CCCCc1ccc(C)cc1. The zero-order chi connectivity index (χ0) is 11.8. The van der Waals surface area contributed by atoms with Crippen LogP contribution in [0, 0.1) is 6.92 Å². The second kappa shape index (κ2) is 7.67. The fourth-order valence-corrected chi connectivity index (χ4v) is 4.47. The van der Waals surface area contributed by atoms with Crippen LogP contribution >= 0.6 is 0 Å². The summed E-state index contributed by atoms with van der Waals surface area (Å²) in [4.78, 5) is 0. The van der Waals surface area contributed by atoms with Crippen LogP contribution in [0.2, 0.25) is 18.1 Å². The molecule has 0 radical (unpaired) electrons. The van der Waals surface area contributed by atoms with Gasteiger partial charge in [-0.1, -0.05) is 68.2 Å². The molecule has 1 heteroatoms. The second-order valence-electron chi connectivity index (χ2n) is 4.91. The number of unbranched alkanes of at least 4 members (excludes halogenated alkanes) is 1. The standard InChI is InChI=1S/C15H26Si/c1-4-16(5-2)13-7-6-8-15-11-9-14(3)10-12-15/h9-12,16H,4-8,13H2,1-3H3. The van der Waals surface area contributed by atoms with E-state index in [0.29, 0.717) is 0 Å². The first kappa shape index (κ1) is 13.5. The molecular formula is C15H26Si. The van der Waals surface area contributed by atoms with Gasteiger partial charge in [0.15, 0.2) is 0 Å². The molecule has 1 rings (SSSR count). The Labute approximate surface area is 103 Å². The van der Waals surface area contributed by atoms with E-state index in [0.717, 1.165) is 0 Å². The monoisotopic (exact) mass is 234 g/mol. The summed E-state index contributed by atoms with van der Waals surface area (Å²) in [7, 11) is -0.326. The molecule has 1 aromatic carbocycles. The Morgan fingerprint density at radius 2 is 1.56 bits per heavy atom. The van der Waals surface area contributed by atoms with Crippen molar-refractivity contribution in [3.05, 3.63) is 35.4 Å². The minimum absolute atomic E-state index is 0.326. The molecule has 0 aliphatic rings. The lowest BCUT2D eigenvalue weighted by Crippen LogP contribution is -2.08. The molecule has 0 saturated carbocycles. The van der Waals surface area contributed by atoms with Gasteiger partial charge in [0, 0.05) is 8.80 Å². The van der Waals surface area contributed by atoms with Gasteiger partial charge in [0.05, 0.1) is 0 Å². The number of hydrogen-bond donors (Lipinski definition) is 0. The molecule has 0 bridgehead atoms. The molecule has 16 heavy (non-hydrogen) atoms. The highest BCUT2D eigenvalue weighted by molar-refractivity contribution is 6.58. The van der Waals surface area contributed by atoms with Crippen LogP contribution in [0.1, 0.15) is 37.8 Å². The van der Waals surface area contributed by atoms with Gasteiger partial charge in [-0.2, -0.15) is 0 Å². The summed E-state index contributed by atoms with van der Waals surface area (Å²) in [5, 5.41) is 0. The van der Waals surface area contributed by atoms with Crippen LogP contribution in [-0.2, 0) is 6.42 Å². The molecular weight excluding hydrogens is 208 g/mol. The Kier molecular flexibility index (Phi) is 6.47. The highest BCUT2D eigenvalue weighted by Gasteiger charge is 2.04. The molecule has 1 aromatic rings. The van der Waals surface area contributed by atoms with Crippen molar-refractivity contribution in [2.45, 2.75) is 58.2 Å². The molecule has 0 amide bonds. The van der Waals surface area contributed by atoms with Crippen LogP contribution in [-0.4, -0.2) is 8.80 Å². The van der Waals surface area contributed by atoms with Crippen LogP contribution in [0.5, 0.6) is 0 Å². The van der Waals surface area contributed by atoms with Gasteiger partial charge in [0.25, 0.3) is 0 Å². The van der Waals surface area contributed by atoms with Gasteiger partial charge in [-0.05, 0) is 25.3 Å². The minimum atomic E-state index is -0.326. The molecule has 0 fully saturated rings. The Morgan fingerprint density at radius 3 is 2.12 bits per heavy atom. The lowest BCUT2D eigenvalue weighted by atomic mass is 10.1. The summed E-state index contributed by atoms with van der Waals surface area (Å²) in [6.45, 7) is 6.91. The predicted octanol–water partition coefficient (Wildman–Crippen LogP) is 4.58. The lowest BCUT2D eigenvalue weighted by Gasteiger charge is -2.09. The maximum atomic E-state index is 2.38. The van der Waals surface area contributed by atoms with Crippen LogP contribution < -0.4 is 0 Å². The van der Waals surface area contributed by atoms with E-state index in [-0.39, 0.29) is 8.80 Å². The van der Waals surface area contributed by atoms with E-state index in [1.165, 1.54) is 42.5 Å². The predicted molar refractivity (Wildman–Crippen MR) is 77.0 cm³/mol. The topological polar surface area (TPSA) is 0 Å². The van der Waals surface area contributed by atoms with Gasteiger partial charge >= 0.3 is 0 Å². The van der Waals surface area contributed by atoms with E-state index >= 15 is 0 Å². The first-order valence-corrected chi connectivity index (χ1v) is 9.26. The average Bonchev–Trinajstić information content (AvgIpc) is 2.32. The third kappa shape index (κ3) is 4.98. The molecule has 0 N–H and O–H groups in total. The van der Waals surface area contributed by atoms with Gasteiger partial charge in [-0.15, -0.1) is 0 Å². The van der Waals surface area contributed by atoms with Gasteiger partial charge in [0.2, 0.25) is 0 Å². The zero-order valence-corrected chi connectivity index (χ0v) is 12.3. The molecule has 0 nitrogen and oxygen atoms in total. The van der Waals surface area contributed by atoms with Crippen LogP contribution in [0.4, 0.5) is 0 Å². The Balaban J connectivity index is 2.18. The van der Waals surface area contributed by atoms with Crippen molar-refractivity contribution in [3.8, 4) is 0 Å². The van der Waals surface area contributed by atoms with E-state index < -0.39 is 0 Å². The average molecular weight is 234 g/mol. The van der Waals surface area contributed by atoms with Crippen molar-refractivity contribution >= 4 is 8.80 Å². The molecule has 0 unspecified atom stereocenters. The van der Waals surface area contributed by atoms with Crippen molar-refractivity contribution in [1.82, 2.24) is 0 Å². The summed E-state index contributed by atoms with van der Waals surface area (Å²) in [6, 6.07) is 13.5. The lowest BCUT2D eigenvalue weighted by molar-refractivity contribution is 0.785. The highest BCUT2D eigenvalue weighted by Crippen LogP contribution is 2.12. The fraction of sp³-hybridized carbons (Fsp3) is 0.600. The summed E-state index contributed by atoms with van der Waals surface area (Å²) in [5.74, 6) is 0. The summed E-state index contributed by atoms with van der Waals surface area (Å²) in [5.41, 5.74) is 2.88. The maximum Gasteiger partial charge on any atom is 0.0362 e. The van der Waals surface area contributed by atoms with E-state index in [2.05, 4.69) is 45.0 Å². The molecule has 0 saturated heterocycles. The number of hydrogen-bond acceptors (Lipinski definition) is 0. The maximum absolute atomic E-state index is 2.38. The molecule has 0 heterocycles. The number of benzene rings is 1. The molecule has 90 valence electrons. The van der Waals surface area contributed by atoms with Crippen LogP contribution in [0.3, 0.4) is 0 Å². The normalized spacial score (nSPS) is 11.0. The third-order valence-electron chi connectivity index (χ3n) is 3.60. The first-order chi connectivity index (χ1) is 7.76. The Bertz CT molecular complexity index is 272. The molecule has 0 aromatic heterocycles. The smallest absolute Gasteiger partial charge is 0.0362 e. The summed E-state index contributed by atoms with van der Waals surface area (Å²) < 4.78 is 0. The van der Waals surface area contributed by atoms with Crippen molar-refractivity contribution in [3.63, 3.8) is 0 Å². The van der Waals surface area contributed by atoms with E-state index in [9.17, 15) is 0 Å². The summed E-state index contributed by atoms with van der Waals surface area (Å²) >= 11 is 0. The van der Waals surface area contributed by atoms with Crippen LogP contribution in [0.15, 0.2) is 24.3 Å². The molecule has 0 spiro atoms. The largest absolute Gasteiger partial charge is 0.0680 e. The summed E-state index contributed by atoms with van der Waals surface area (Å²) in [6.07, 6.45) is 4.10. The Hall–Kier alpha value is -0.563. The van der Waals surface area contributed by atoms with Crippen molar-refractivity contribution in [2.24, 2.45) is 0 Å². The van der Waals surface area contributed by atoms with Gasteiger partial charge in [-0.3, -0.25) is 0 Å².